The Balaban J connectivity index is 1.68. The zero-order valence-corrected chi connectivity index (χ0v) is 18.7. The number of aromatic nitrogens is 5. The Hall–Kier alpha value is -2.59. The maximum Gasteiger partial charge on any atom is 0.253 e. The largest absolute Gasteiger partial charge is 0.486 e. The van der Waals surface area contributed by atoms with Gasteiger partial charge in [0.1, 0.15) is 19.3 Å². The third kappa shape index (κ3) is 3.78. The van der Waals surface area contributed by atoms with Crippen LogP contribution in [0.15, 0.2) is 23.0 Å². The minimum Gasteiger partial charge on any atom is -0.486 e. The molecule has 0 radical (unpaired) electrons. The molecule has 164 valence electrons. The van der Waals surface area contributed by atoms with E-state index in [2.05, 4.69) is 46.2 Å². The lowest BCUT2D eigenvalue weighted by molar-refractivity contribution is 0.172. The van der Waals surface area contributed by atoms with E-state index >= 15 is 0 Å². The summed E-state index contributed by atoms with van der Waals surface area (Å²) in [5.74, 6) is 4.06. The van der Waals surface area contributed by atoms with Gasteiger partial charge in [-0.1, -0.05) is 0 Å². The van der Waals surface area contributed by atoms with Crippen LogP contribution in [-0.2, 0) is 5.54 Å². The second kappa shape index (κ2) is 7.83. The van der Waals surface area contributed by atoms with Crippen LogP contribution in [0.25, 0.3) is 10.9 Å². The molecule has 0 amide bonds. The first kappa shape index (κ1) is 20.3. The summed E-state index contributed by atoms with van der Waals surface area (Å²) in [6.45, 7) is 8.93. The molecule has 0 saturated carbocycles. The molecule has 1 fully saturated rings. The van der Waals surface area contributed by atoms with E-state index in [0.717, 1.165) is 35.5 Å². The van der Waals surface area contributed by atoms with Crippen molar-refractivity contribution in [1.29, 1.82) is 0 Å². The van der Waals surface area contributed by atoms with E-state index in [9.17, 15) is 4.79 Å². The van der Waals surface area contributed by atoms with Gasteiger partial charge in [-0.15, -0.1) is 5.10 Å². The number of fused-ring (bicyclic) bond motifs is 2. The molecular formula is C21H26N6O3S. The van der Waals surface area contributed by atoms with E-state index in [1.54, 1.807) is 0 Å². The summed E-state index contributed by atoms with van der Waals surface area (Å²) in [4.78, 5) is 18.7. The van der Waals surface area contributed by atoms with Crippen molar-refractivity contribution in [3.8, 4) is 11.5 Å². The molecule has 2 aliphatic heterocycles. The van der Waals surface area contributed by atoms with E-state index in [1.165, 1.54) is 0 Å². The van der Waals surface area contributed by atoms with Gasteiger partial charge in [0.25, 0.3) is 5.56 Å². The topological polar surface area (TPSA) is 98.2 Å². The van der Waals surface area contributed by atoms with Gasteiger partial charge in [-0.3, -0.25) is 9.69 Å². The van der Waals surface area contributed by atoms with Gasteiger partial charge >= 0.3 is 0 Å². The monoisotopic (exact) mass is 442 g/mol. The van der Waals surface area contributed by atoms with Gasteiger partial charge in [-0.2, -0.15) is 11.8 Å². The Labute approximate surface area is 184 Å². The van der Waals surface area contributed by atoms with E-state index in [4.69, 9.17) is 9.47 Å². The minimum absolute atomic E-state index is 0.143. The first-order valence-electron chi connectivity index (χ1n) is 10.5. The average molecular weight is 443 g/mol. The summed E-state index contributed by atoms with van der Waals surface area (Å²) in [5.41, 5.74) is 0.906. The van der Waals surface area contributed by atoms with Crippen LogP contribution in [0.4, 0.5) is 0 Å². The molecule has 9 nitrogen and oxygen atoms in total. The highest BCUT2D eigenvalue weighted by Gasteiger charge is 2.34. The predicted molar refractivity (Wildman–Crippen MR) is 119 cm³/mol. The first-order valence-corrected chi connectivity index (χ1v) is 11.6. The van der Waals surface area contributed by atoms with E-state index in [0.29, 0.717) is 36.1 Å². The zero-order valence-electron chi connectivity index (χ0n) is 17.9. The number of hydrogen-bond donors (Lipinski definition) is 1. The van der Waals surface area contributed by atoms with Gasteiger partial charge in [0.2, 0.25) is 0 Å². The molecule has 0 aliphatic carbocycles. The maximum atomic E-state index is 13.3. The number of nitrogens with zero attached hydrogens (tertiary/aromatic N) is 5. The predicted octanol–water partition coefficient (Wildman–Crippen LogP) is 2.18. The lowest BCUT2D eigenvalue weighted by Crippen LogP contribution is -2.41. The number of thioether (sulfide) groups is 1. The summed E-state index contributed by atoms with van der Waals surface area (Å²) >= 11 is 1.92. The third-order valence-corrected chi connectivity index (χ3v) is 6.56. The normalized spacial score (nSPS) is 18.3. The molecule has 2 aliphatic rings. The van der Waals surface area contributed by atoms with Gasteiger partial charge in [0.05, 0.1) is 11.1 Å². The lowest BCUT2D eigenvalue weighted by Gasteiger charge is -2.34. The number of tetrazole rings is 1. The Bertz CT molecular complexity index is 1160. The molecule has 1 aromatic carbocycles. The van der Waals surface area contributed by atoms with Crippen LogP contribution in [0.5, 0.6) is 11.5 Å². The number of benzene rings is 1. The molecular weight excluding hydrogens is 416 g/mol. The van der Waals surface area contributed by atoms with E-state index in [1.807, 2.05) is 34.6 Å². The van der Waals surface area contributed by atoms with Gasteiger partial charge in [-0.05, 0) is 43.3 Å². The number of hydrogen-bond acceptors (Lipinski definition) is 8. The van der Waals surface area contributed by atoms with Crippen LogP contribution in [0.3, 0.4) is 0 Å². The quantitative estimate of drug-likeness (QED) is 0.659. The fourth-order valence-corrected chi connectivity index (χ4v) is 5.07. The van der Waals surface area contributed by atoms with Crippen LogP contribution in [0, 0.1) is 0 Å². The SMILES string of the molecule is CC(C)(C)n1nnnc1[C@H](c1cc2cc3c(cc2[nH]c1=O)OCCO3)N1CCSCC1. The minimum atomic E-state index is -0.337. The molecule has 10 heteroatoms. The van der Waals surface area contributed by atoms with Crippen molar-refractivity contribution in [2.75, 3.05) is 37.8 Å². The standard InChI is InChI=1S/C21H26N6O3S/c1-21(2,3)27-19(23-24-25-27)18(26-4-8-31-9-5-26)14-10-13-11-16-17(30-7-6-29-16)12-15(13)22-20(14)28/h10-12,18H,4-9H2,1-3H3,(H,22,28)/t18-/m0/s1. The Morgan fingerprint density at radius 3 is 2.52 bits per heavy atom. The molecule has 0 bridgehead atoms. The van der Waals surface area contributed by atoms with Gasteiger partial charge in [0, 0.05) is 41.6 Å². The lowest BCUT2D eigenvalue weighted by atomic mass is 10.0. The van der Waals surface area contributed by atoms with Crippen molar-refractivity contribution in [2.45, 2.75) is 32.4 Å². The summed E-state index contributed by atoms with van der Waals surface area (Å²) in [6, 6.07) is 5.37. The van der Waals surface area contributed by atoms with Gasteiger partial charge < -0.3 is 14.5 Å². The van der Waals surface area contributed by atoms with Crippen molar-refractivity contribution in [2.24, 2.45) is 0 Å². The smallest absolute Gasteiger partial charge is 0.253 e. The molecule has 5 rings (SSSR count). The Morgan fingerprint density at radius 2 is 1.81 bits per heavy atom. The molecule has 3 aromatic rings. The van der Waals surface area contributed by atoms with Gasteiger partial charge in [0.15, 0.2) is 17.3 Å². The molecule has 1 N–H and O–H groups in total. The highest BCUT2D eigenvalue weighted by molar-refractivity contribution is 7.99. The molecule has 1 saturated heterocycles. The van der Waals surface area contributed by atoms with Crippen molar-refractivity contribution < 1.29 is 9.47 Å². The van der Waals surface area contributed by atoms with Crippen molar-refractivity contribution in [1.82, 2.24) is 30.1 Å². The number of nitrogens with one attached hydrogen (secondary N) is 1. The van der Waals surface area contributed by atoms with Crippen molar-refractivity contribution in [3.63, 3.8) is 0 Å². The molecule has 0 unspecified atom stereocenters. The van der Waals surface area contributed by atoms with Crippen molar-refractivity contribution >= 4 is 22.7 Å². The average Bonchev–Trinajstić information content (AvgIpc) is 3.24. The Kier molecular flexibility index (Phi) is 5.13. The zero-order chi connectivity index (χ0) is 21.6. The van der Waals surface area contributed by atoms with Crippen LogP contribution in [0.2, 0.25) is 0 Å². The number of aromatic amines is 1. The first-order chi connectivity index (χ1) is 14.9. The molecule has 2 aromatic heterocycles. The van der Waals surface area contributed by atoms with E-state index < -0.39 is 0 Å². The molecule has 1 atom stereocenters. The van der Waals surface area contributed by atoms with Crippen LogP contribution in [0.1, 0.15) is 38.2 Å². The van der Waals surface area contributed by atoms with Crippen LogP contribution >= 0.6 is 11.8 Å². The molecule has 4 heterocycles. The number of pyridine rings is 1. The van der Waals surface area contributed by atoms with E-state index in [-0.39, 0.29) is 17.1 Å². The third-order valence-electron chi connectivity index (χ3n) is 5.61. The summed E-state index contributed by atoms with van der Waals surface area (Å²) in [6.07, 6.45) is 0. The molecule has 31 heavy (non-hydrogen) atoms. The number of ether oxygens (including phenoxy) is 2. The second-order valence-corrected chi connectivity index (χ2v) is 10.0. The summed E-state index contributed by atoms with van der Waals surface area (Å²) in [5, 5.41) is 13.5. The molecule has 0 spiro atoms. The van der Waals surface area contributed by atoms with Gasteiger partial charge in [-0.25, -0.2) is 4.68 Å². The second-order valence-electron chi connectivity index (χ2n) is 8.81. The fraction of sp³-hybridized carbons (Fsp3) is 0.524. The number of rotatable bonds is 3. The highest BCUT2D eigenvalue weighted by Crippen LogP contribution is 2.36. The Morgan fingerprint density at radius 1 is 1.10 bits per heavy atom. The summed E-state index contributed by atoms with van der Waals surface area (Å²) in [7, 11) is 0. The maximum absolute atomic E-state index is 13.3. The van der Waals surface area contributed by atoms with Crippen molar-refractivity contribution in [3.05, 3.63) is 39.9 Å². The fourth-order valence-electron chi connectivity index (χ4n) is 4.14. The van der Waals surface area contributed by atoms with Crippen LogP contribution in [-0.4, -0.2) is 67.9 Å². The highest BCUT2D eigenvalue weighted by atomic mass is 32.2. The number of H-pyrrole nitrogens is 1. The summed E-state index contributed by atoms with van der Waals surface area (Å²) < 4.78 is 13.2. The van der Waals surface area contributed by atoms with Crippen LogP contribution < -0.4 is 15.0 Å².